The summed E-state index contributed by atoms with van der Waals surface area (Å²) in [5.74, 6) is -1.37. The zero-order valence-corrected chi connectivity index (χ0v) is 13.3. The summed E-state index contributed by atoms with van der Waals surface area (Å²) in [6.45, 7) is -0.503. The number of nitrogens with one attached hydrogen (secondary N) is 2. The lowest BCUT2D eigenvalue weighted by molar-refractivity contribution is -0.117. The number of primary amides is 1. The third-order valence-electron chi connectivity index (χ3n) is 3.39. The first-order valence-corrected chi connectivity index (χ1v) is 7.39. The molecule has 0 radical (unpaired) electrons. The molecule has 3 aromatic rings. The maximum Gasteiger partial charge on any atom is 0.251 e. The second-order valence-electron chi connectivity index (χ2n) is 5.28. The van der Waals surface area contributed by atoms with Crippen molar-refractivity contribution in [1.29, 1.82) is 0 Å². The smallest absolute Gasteiger partial charge is 0.251 e. The number of H-pyrrole nitrogens is 1. The van der Waals surface area contributed by atoms with Crippen LogP contribution >= 0.6 is 0 Å². The van der Waals surface area contributed by atoms with E-state index in [9.17, 15) is 14.0 Å². The molecule has 0 spiro atoms. The van der Waals surface area contributed by atoms with Gasteiger partial charge in [-0.2, -0.15) is 10.3 Å². The molecular weight excluding hydrogens is 345 g/mol. The van der Waals surface area contributed by atoms with E-state index in [1.165, 1.54) is 18.2 Å². The Morgan fingerprint density at radius 3 is 2.85 bits per heavy atom. The molecule has 1 aromatic carbocycles. The Labute approximate surface area is 145 Å². The lowest BCUT2D eigenvalue weighted by Gasteiger charge is -2.10. The number of carbonyl (C=O) groups is 2. The Morgan fingerprint density at radius 1 is 1.27 bits per heavy atom. The number of amides is 2. The maximum absolute atomic E-state index is 14.0. The highest BCUT2D eigenvalue weighted by molar-refractivity contribution is 5.96. The van der Waals surface area contributed by atoms with E-state index in [4.69, 9.17) is 16.2 Å². The number of nitrogens with two attached hydrogens (primary N) is 2. The van der Waals surface area contributed by atoms with Crippen LogP contribution in [0.2, 0.25) is 0 Å². The van der Waals surface area contributed by atoms with Crippen LogP contribution in [0, 0.1) is 5.82 Å². The molecule has 10 nitrogen and oxygen atoms in total. The van der Waals surface area contributed by atoms with Crippen molar-refractivity contribution in [2.75, 3.05) is 12.3 Å². The molecule has 2 aromatic heterocycles. The first-order valence-electron chi connectivity index (χ1n) is 7.39. The summed E-state index contributed by atoms with van der Waals surface area (Å²) in [7, 11) is 0. The Bertz CT molecular complexity index is 989. The van der Waals surface area contributed by atoms with Gasteiger partial charge in [0.25, 0.3) is 5.91 Å². The van der Waals surface area contributed by atoms with E-state index in [1.807, 2.05) is 0 Å². The van der Waals surface area contributed by atoms with Gasteiger partial charge in [0.2, 0.25) is 11.6 Å². The molecule has 6 N–H and O–H groups in total. The van der Waals surface area contributed by atoms with Crippen LogP contribution in [0.15, 0.2) is 24.3 Å². The van der Waals surface area contributed by atoms with Gasteiger partial charge in [0.05, 0.1) is 6.54 Å². The van der Waals surface area contributed by atoms with Crippen LogP contribution in [-0.2, 0) is 11.4 Å². The highest BCUT2D eigenvalue weighted by Crippen LogP contribution is 2.24. The first kappa shape index (κ1) is 17.1. The van der Waals surface area contributed by atoms with Crippen LogP contribution in [0.3, 0.4) is 0 Å². The molecule has 2 amide bonds. The van der Waals surface area contributed by atoms with Gasteiger partial charge in [0, 0.05) is 17.2 Å². The van der Waals surface area contributed by atoms with Crippen molar-refractivity contribution in [3.8, 4) is 5.75 Å². The fourth-order valence-corrected chi connectivity index (χ4v) is 2.19. The predicted octanol–water partition coefficient (Wildman–Crippen LogP) is -0.132. The summed E-state index contributed by atoms with van der Waals surface area (Å²) in [6, 6.07) is 5.17. The van der Waals surface area contributed by atoms with Gasteiger partial charge < -0.3 is 21.5 Å². The molecular formula is C15H14FN7O3. The summed E-state index contributed by atoms with van der Waals surface area (Å²) in [5, 5.41) is 12.4. The summed E-state index contributed by atoms with van der Waals surface area (Å²) in [4.78, 5) is 26.6. The average Bonchev–Trinajstić information content (AvgIpc) is 3.07. The Balaban J connectivity index is 1.79. The summed E-state index contributed by atoms with van der Waals surface area (Å²) in [6.07, 6.45) is 0. The molecule has 0 saturated heterocycles. The molecule has 0 aliphatic carbocycles. The third kappa shape index (κ3) is 3.66. The third-order valence-corrected chi connectivity index (χ3v) is 3.39. The van der Waals surface area contributed by atoms with Crippen LogP contribution < -0.4 is 21.5 Å². The number of aromatic nitrogens is 4. The van der Waals surface area contributed by atoms with Crippen LogP contribution in [0.5, 0.6) is 5.75 Å². The van der Waals surface area contributed by atoms with E-state index < -0.39 is 17.6 Å². The number of aromatic amines is 1. The fraction of sp³-hybridized carbons (Fsp3) is 0.133. The van der Waals surface area contributed by atoms with Crippen molar-refractivity contribution in [2.24, 2.45) is 5.73 Å². The number of ether oxygens (including phenoxy) is 1. The number of carbonyl (C=O) groups excluding carboxylic acids is 2. The van der Waals surface area contributed by atoms with E-state index in [2.05, 4.69) is 25.7 Å². The minimum atomic E-state index is -0.684. The van der Waals surface area contributed by atoms with Gasteiger partial charge in [-0.1, -0.05) is 0 Å². The SMILES string of the molecule is NC(=O)CNC(=O)c1ccc(F)c(COc2cc(N)nc3n[nH]nc23)c1. The first-order chi connectivity index (χ1) is 12.4. The van der Waals surface area contributed by atoms with E-state index in [0.29, 0.717) is 5.52 Å². The van der Waals surface area contributed by atoms with Crippen molar-refractivity contribution >= 4 is 28.8 Å². The standard InChI is InChI=1S/C15H14FN7O3/c16-9-2-1-7(15(25)19-5-12(18)24)3-8(9)6-26-10-4-11(17)20-14-13(10)21-23-22-14/h1-4H,5-6H2,(H2,18,24)(H,19,25)(H3,17,20,21,22,23). The number of anilines is 1. The normalized spacial score (nSPS) is 10.7. The number of benzene rings is 1. The molecule has 11 heteroatoms. The van der Waals surface area contributed by atoms with Gasteiger partial charge in [-0.15, -0.1) is 5.10 Å². The molecule has 0 bridgehead atoms. The number of nitrogen functional groups attached to an aromatic ring is 1. The zero-order chi connectivity index (χ0) is 18.7. The van der Waals surface area contributed by atoms with Gasteiger partial charge >= 0.3 is 0 Å². The average molecular weight is 359 g/mol. The van der Waals surface area contributed by atoms with E-state index in [1.54, 1.807) is 0 Å². The molecule has 26 heavy (non-hydrogen) atoms. The lowest BCUT2D eigenvalue weighted by Crippen LogP contribution is -2.33. The highest BCUT2D eigenvalue weighted by atomic mass is 19.1. The number of hydrogen-bond acceptors (Lipinski definition) is 7. The number of halogens is 1. The van der Waals surface area contributed by atoms with Gasteiger partial charge in [0.15, 0.2) is 11.3 Å². The molecule has 0 fully saturated rings. The second kappa shape index (κ2) is 7.01. The topological polar surface area (TPSA) is 162 Å². The number of hydrogen-bond donors (Lipinski definition) is 4. The minimum absolute atomic E-state index is 0.128. The largest absolute Gasteiger partial charge is 0.486 e. The van der Waals surface area contributed by atoms with Crippen molar-refractivity contribution < 1.29 is 18.7 Å². The summed E-state index contributed by atoms with van der Waals surface area (Å²) >= 11 is 0. The van der Waals surface area contributed by atoms with Crippen LogP contribution in [0.4, 0.5) is 10.2 Å². The van der Waals surface area contributed by atoms with E-state index in [-0.39, 0.29) is 41.5 Å². The molecule has 134 valence electrons. The van der Waals surface area contributed by atoms with Crippen LogP contribution in [0.25, 0.3) is 11.2 Å². The number of nitrogens with zero attached hydrogens (tertiary/aromatic N) is 3. The maximum atomic E-state index is 14.0. The van der Waals surface area contributed by atoms with Crippen molar-refractivity contribution in [1.82, 2.24) is 25.7 Å². The molecule has 3 rings (SSSR count). The molecule has 2 heterocycles. The Morgan fingerprint density at radius 2 is 2.08 bits per heavy atom. The number of rotatable bonds is 6. The van der Waals surface area contributed by atoms with Gasteiger partial charge in [-0.25, -0.2) is 9.37 Å². The lowest BCUT2D eigenvalue weighted by atomic mass is 10.1. The van der Waals surface area contributed by atoms with E-state index >= 15 is 0 Å². The molecule has 0 atom stereocenters. The van der Waals surface area contributed by atoms with Crippen LogP contribution in [-0.4, -0.2) is 38.8 Å². The van der Waals surface area contributed by atoms with E-state index in [0.717, 1.165) is 6.07 Å². The minimum Gasteiger partial charge on any atom is -0.486 e. The monoisotopic (exact) mass is 359 g/mol. The highest BCUT2D eigenvalue weighted by Gasteiger charge is 2.13. The van der Waals surface area contributed by atoms with Gasteiger partial charge in [-0.05, 0) is 18.2 Å². The molecule has 0 aliphatic rings. The summed E-state index contributed by atoms with van der Waals surface area (Å²) in [5.41, 5.74) is 11.5. The number of pyridine rings is 1. The second-order valence-corrected chi connectivity index (χ2v) is 5.28. The molecule has 0 saturated carbocycles. The number of fused-ring (bicyclic) bond motifs is 1. The van der Waals surface area contributed by atoms with Gasteiger partial charge in [0.1, 0.15) is 18.2 Å². The fourth-order valence-electron chi connectivity index (χ4n) is 2.19. The Hall–Kier alpha value is -3.76. The van der Waals surface area contributed by atoms with Gasteiger partial charge in [-0.3, -0.25) is 9.59 Å². The quantitative estimate of drug-likeness (QED) is 0.476. The Kier molecular flexibility index (Phi) is 4.60. The van der Waals surface area contributed by atoms with Crippen molar-refractivity contribution in [3.05, 3.63) is 41.2 Å². The van der Waals surface area contributed by atoms with Crippen molar-refractivity contribution in [2.45, 2.75) is 6.61 Å². The van der Waals surface area contributed by atoms with Crippen LogP contribution in [0.1, 0.15) is 15.9 Å². The zero-order valence-electron chi connectivity index (χ0n) is 13.3. The molecule has 0 aliphatic heterocycles. The molecule has 0 unspecified atom stereocenters. The summed E-state index contributed by atoms with van der Waals surface area (Å²) < 4.78 is 19.6. The van der Waals surface area contributed by atoms with Crippen molar-refractivity contribution in [3.63, 3.8) is 0 Å². The predicted molar refractivity (Wildman–Crippen MR) is 88.4 cm³/mol.